The number of anilines is 1. The van der Waals surface area contributed by atoms with E-state index in [2.05, 4.69) is 43.0 Å². The molecule has 0 aromatic heterocycles. The molecular weight excluding hydrogens is 248 g/mol. The van der Waals surface area contributed by atoms with Crippen LogP contribution in [0, 0.1) is 5.92 Å². The molecule has 0 bridgehead atoms. The molecule has 112 valence electrons. The minimum atomic E-state index is -0.116. The van der Waals surface area contributed by atoms with Crippen molar-refractivity contribution < 1.29 is 4.74 Å². The summed E-state index contributed by atoms with van der Waals surface area (Å²) in [6, 6.07) is 8.76. The molecule has 0 saturated heterocycles. The van der Waals surface area contributed by atoms with Crippen molar-refractivity contribution in [3.63, 3.8) is 0 Å². The van der Waals surface area contributed by atoms with Gasteiger partial charge < -0.3 is 15.4 Å². The van der Waals surface area contributed by atoms with Gasteiger partial charge in [-0.05, 0) is 36.8 Å². The third-order valence-electron chi connectivity index (χ3n) is 4.72. The number of nitrogens with two attached hydrogens (primary N) is 1. The van der Waals surface area contributed by atoms with E-state index in [1.165, 1.54) is 30.5 Å². The Morgan fingerprint density at radius 3 is 2.70 bits per heavy atom. The summed E-state index contributed by atoms with van der Waals surface area (Å²) in [4.78, 5) is 2.52. The molecule has 1 aromatic carbocycles. The number of para-hydroxylation sites is 1. The van der Waals surface area contributed by atoms with Crippen molar-refractivity contribution in [3.8, 4) is 0 Å². The van der Waals surface area contributed by atoms with E-state index in [0.29, 0.717) is 19.1 Å². The molecule has 0 spiro atoms. The first-order valence-electron chi connectivity index (χ1n) is 7.70. The third-order valence-corrected chi connectivity index (χ3v) is 4.72. The molecule has 1 atom stereocenters. The molecule has 3 heteroatoms. The van der Waals surface area contributed by atoms with Gasteiger partial charge in [-0.1, -0.05) is 32.0 Å². The summed E-state index contributed by atoms with van der Waals surface area (Å²) in [5.41, 5.74) is 8.89. The van der Waals surface area contributed by atoms with Crippen molar-refractivity contribution in [1.82, 2.24) is 0 Å². The van der Waals surface area contributed by atoms with Gasteiger partial charge >= 0.3 is 0 Å². The highest BCUT2D eigenvalue weighted by Crippen LogP contribution is 2.35. The average molecular weight is 276 g/mol. The zero-order chi connectivity index (χ0) is 14.6. The van der Waals surface area contributed by atoms with E-state index in [9.17, 15) is 0 Å². The first kappa shape index (κ1) is 15.3. The Balaban J connectivity index is 2.47. The fraction of sp³-hybridized carbons (Fsp3) is 0.647. The van der Waals surface area contributed by atoms with Crippen LogP contribution < -0.4 is 10.6 Å². The van der Waals surface area contributed by atoms with Crippen molar-refractivity contribution in [2.24, 2.45) is 11.7 Å². The van der Waals surface area contributed by atoms with Gasteiger partial charge in [0, 0.05) is 25.9 Å². The lowest BCUT2D eigenvalue weighted by atomic mass is 9.84. The zero-order valence-electron chi connectivity index (χ0n) is 13.1. The highest BCUT2D eigenvalue weighted by Gasteiger charge is 2.40. The maximum atomic E-state index is 6.21. The van der Waals surface area contributed by atoms with Crippen LogP contribution in [-0.4, -0.2) is 32.3 Å². The first-order chi connectivity index (χ1) is 9.65. The number of rotatable bonds is 5. The van der Waals surface area contributed by atoms with Gasteiger partial charge in [0.05, 0.1) is 12.1 Å². The van der Waals surface area contributed by atoms with E-state index >= 15 is 0 Å². The molecule has 1 aliphatic heterocycles. The van der Waals surface area contributed by atoms with Crippen LogP contribution in [0.25, 0.3) is 0 Å². The van der Waals surface area contributed by atoms with E-state index in [1.54, 1.807) is 7.11 Å². The standard InChI is InChI=1S/C17H28N2O/c1-14(2)17(12-18,13-20-3)19-11-7-6-9-15-8-4-5-10-16(15)19/h4-5,8,10,14H,6-7,9,11-13,18H2,1-3H3. The SMILES string of the molecule is COCC(CN)(C(C)C)N1CCCCc2ccccc21. The summed E-state index contributed by atoms with van der Waals surface area (Å²) in [6.07, 6.45) is 3.63. The van der Waals surface area contributed by atoms with E-state index in [0.717, 1.165) is 6.54 Å². The van der Waals surface area contributed by atoms with Crippen LogP contribution in [0.2, 0.25) is 0 Å². The van der Waals surface area contributed by atoms with Gasteiger partial charge in [-0.3, -0.25) is 0 Å². The predicted molar refractivity (Wildman–Crippen MR) is 85.2 cm³/mol. The molecule has 0 amide bonds. The van der Waals surface area contributed by atoms with Gasteiger partial charge in [0.1, 0.15) is 0 Å². The Hall–Kier alpha value is -1.06. The van der Waals surface area contributed by atoms with Crippen LogP contribution in [0.1, 0.15) is 32.3 Å². The highest BCUT2D eigenvalue weighted by molar-refractivity contribution is 5.57. The number of benzene rings is 1. The number of ether oxygens (including phenoxy) is 1. The Morgan fingerprint density at radius 1 is 1.30 bits per heavy atom. The van der Waals surface area contributed by atoms with Crippen LogP contribution in [0.5, 0.6) is 0 Å². The lowest BCUT2D eigenvalue weighted by Gasteiger charge is -2.47. The van der Waals surface area contributed by atoms with Gasteiger partial charge in [0.2, 0.25) is 0 Å². The van der Waals surface area contributed by atoms with Gasteiger partial charge in [-0.15, -0.1) is 0 Å². The number of hydrogen-bond donors (Lipinski definition) is 1. The fourth-order valence-electron chi connectivity index (χ4n) is 3.36. The van der Waals surface area contributed by atoms with E-state index < -0.39 is 0 Å². The second-order valence-electron chi connectivity index (χ2n) is 6.13. The molecule has 3 nitrogen and oxygen atoms in total. The van der Waals surface area contributed by atoms with Crippen LogP contribution in [0.4, 0.5) is 5.69 Å². The van der Waals surface area contributed by atoms with Crippen molar-refractivity contribution in [2.45, 2.75) is 38.6 Å². The van der Waals surface area contributed by atoms with Crippen molar-refractivity contribution >= 4 is 5.69 Å². The van der Waals surface area contributed by atoms with Gasteiger partial charge in [0.15, 0.2) is 0 Å². The van der Waals surface area contributed by atoms with Gasteiger partial charge in [-0.25, -0.2) is 0 Å². The molecular formula is C17H28N2O. The lowest BCUT2D eigenvalue weighted by Crippen LogP contribution is -2.61. The summed E-state index contributed by atoms with van der Waals surface area (Å²) in [5.74, 6) is 0.443. The molecule has 0 fully saturated rings. The zero-order valence-corrected chi connectivity index (χ0v) is 13.1. The number of hydrogen-bond acceptors (Lipinski definition) is 3. The summed E-state index contributed by atoms with van der Waals surface area (Å²) < 4.78 is 5.55. The quantitative estimate of drug-likeness (QED) is 0.898. The average Bonchev–Trinajstić information content (AvgIpc) is 2.67. The number of nitrogens with zero attached hydrogens (tertiary/aromatic N) is 1. The van der Waals surface area contributed by atoms with Crippen molar-refractivity contribution in [3.05, 3.63) is 29.8 Å². The van der Waals surface area contributed by atoms with E-state index in [1.807, 2.05) is 0 Å². The molecule has 20 heavy (non-hydrogen) atoms. The second-order valence-corrected chi connectivity index (χ2v) is 6.13. The Bertz CT molecular complexity index is 433. The van der Waals surface area contributed by atoms with Crippen LogP contribution in [0.15, 0.2) is 24.3 Å². The Kier molecular flexibility index (Phi) is 5.06. The van der Waals surface area contributed by atoms with Gasteiger partial charge in [0.25, 0.3) is 0 Å². The monoisotopic (exact) mass is 276 g/mol. The van der Waals surface area contributed by atoms with Crippen LogP contribution in [-0.2, 0) is 11.2 Å². The molecule has 0 aliphatic carbocycles. The summed E-state index contributed by atoms with van der Waals surface area (Å²) >= 11 is 0. The summed E-state index contributed by atoms with van der Waals surface area (Å²) in [7, 11) is 1.77. The van der Waals surface area contributed by atoms with Crippen molar-refractivity contribution in [1.29, 1.82) is 0 Å². The number of methoxy groups -OCH3 is 1. The third kappa shape index (κ3) is 2.70. The largest absolute Gasteiger partial charge is 0.382 e. The number of aryl methyl sites for hydroxylation is 1. The molecule has 1 aliphatic rings. The van der Waals surface area contributed by atoms with Crippen LogP contribution >= 0.6 is 0 Å². The van der Waals surface area contributed by atoms with E-state index in [4.69, 9.17) is 10.5 Å². The maximum absolute atomic E-state index is 6.21. The number of fused-ring (bicyclic) bond motifs is 1. The lowest BCUT2D eigenvalue weighted by molar-refractivity contribution is 0.102. The molecule has 1 aromatic rings. The molecule has 0 saturated carbocycles. The molecule has 0 radical (unpaired) electrons. The minimum absolute atomic E-state index is 0.116. The van der Waals surface area contributed by atoms with Crippen molar-refractivity contribution in [2.75, 3.05) is 31.7 Å². The highest BCUT2D eigenvalue weighted by atomic mass is 16.5. The molecule has 2 rings (SSSR count). The molecule has 1 heterocycles. The fourth-order valence-corrected chi connectivity index (χ4v) is 3.36. The van der Waals surface area contributed by atoms with E-state index in [-0.39, 0.29) is 5.54 Å². The smallest absolute Gasteiger partial charge is 0.0779 e. The normalized spacial score (nSPS) is 18.6. The topological polar surface area (TPSA) is 38.5 Å². The molecule has 1 unspecified atom stereocenters. The predicted octanol–water partition coefficient (Wildman–Crippen LogP) is 2.83. The maximum Gasteiger partial charge on any atom is 0.0779 e. The molecule has 2 N–H and O–H groups in total. The Morgan fingerprint density at radius 2 is 2.05 bits per heavy atom. The van der Waals surface area contributed by atoms with Crippen LogP contribution in [0.3, 0.4) is 0 Å². The van der Waals surface area contributed by atoms with Gasteiger partial charge in [-0.2, -0.15) is 0 Å². The first-order valence-corrected chi connectivity index (χ1v) is 7.70. The Labute approximate surface area is 123 Å². The summed E-state index contributed by atoms with van der Waals surface area (Å²) in [6.45, 7) is 6.86. The summed E-state index contributed by atoms with van der Waals surface area (Å²) in [5, 5.41) is 0. The second kappa shape index (κ2) is 6.59. The minimum Gasteiger partial charge on any atom is -0.382 e.